The zero-order valence-corrected chi connectivity index (χ0v) is 17.6. The first-order valence-electron chi connectivity index (χ1n) is 8.71. The molecule has 0 atom stereocenters. The zero-order valence-electron chi connectivity index (χ0n) is 15.3. The third-order valence-electron chi connectivity index (χ3n) is 4.09. The molecule has 3 heterocycles. The summed E-state index contributed by atoms with van der Waals surface area (Å²) in [5, 5.41) is 32.9. The molecule has 0 spiro atoms. The summed E-state index contributed by atoms with van der Waals surface area (Å²) in [5.74, 6) is 0.437. The average molecular weight is 465 g/mol. The predicted octanol–water partition coefficient (Wildman–Crippen LogP) is 4.18. The normalized spacial score (nSPS) is 11.0. The van der Waals surface area contributed by atoms with Crippen LogP contribution in [0.25, 0.3) is 0 Å². The van der Waals surface area contributed by atoms with Crippen molar-refractivity contribution in [2.45, 2.75) is 19.5 Å². The van der Waals surface area contributed by atoms with Crippen LogP contribution in [-0.4, -0.2) is 34.7 Å². The summed E-state index contributed by atoms with van der Waals surface area (Å²) >= 11 is 13.8. The van der Waals surface area contributed by atoms with E-state index in [1.165, 1.54) is 22.1 Å². The molecule has 10 nitrogen and oxygen atoms in total. The fraction of sp³-hybridized carbons (Fsp3) is 0.176. The lowest BCUT2D eigenvalue weighted by molar-refractivity contribution is -0.389. The van der Waals surface area contributed by atoms with E-state index in [4.69, 9.17) is 23.2 Å². The van der Waals surface area contributed by atoms with Gasteiger partial charge < -0.3 is 15.4 Å². The van der Waals surface area contributed by atoms with Gasteiger partial charge in [-0.15, -0.1) is 10.2 Å². The third-order valence-corrected chi connectivity index (χ3v) is 5.70. The van der Waals surface area contributed by atoms with Crippen LogP contribution in [0, 0.1) is 10.1 Å². The van der Waals surface area contributed by atoms with Crippen LogP contribution in [0.15, 0.2) is 42.7 Å². The van der Waals surface area contributed by atoms with Crippen molar-refractivity contribution in [2.24, 2.45) is 0 Å². The topological polar surface area (TPSA) is 117 Å². The summed E-state index contributed by atoms with van der Waals surface area (Å²) in [6.45, 7) is 0.910. The molecule has 0 fully saturated rings. The van der Waals surface area contributed by atoms with E-state index < -0.39 is 4.92 Å². The van der Waals surface area contributed by atoms with Crippen molar-refractivity contribution in [3.05, 3.63) is 73.5 Å². The first-order chi connectivity index (χ1) is 14.5. The molecule has 0 radical (unpaired) electrons. The molecule has 0 amide bonds. The van der Waals surface area contributed by atoms with Crippen molar-refractivity contribution in [1.82, 2.24) is 29.8 Å². The molecule has 4 aromatic rings. The van der Waals surface area contributed by atoms with Crippen molar-refractivity contribution >= 4 is 51.3 Å². The van der Waals surface area contributed by atoms with Crippen LogP contribution in [0.5, 0.6) is 0 Å². The second kappa shape index (κ2) is 8.78. The van der Waals surface area contributed by atoms with Crippen molar-refractivity contribution in [3.8, 4) is 0 Å². The number of halogens is 2. The van der Waals surface area contributed by atoms with Crippen molar-refractivity contribution in [3.63, 3.8) is 0 Å². The number of hydrogen-bond acceptors (Lipinski definition) is 8. The largest absolute Gasteiger partial charge is 0.389 e. The first kappa shape index (κ1) is 20.3. The zero-order chi connectivity index (χ0) is 21.1. The van der Waals surface area contributed by atoms with Gasteiger partial charge in [-0.3, -0.25) is 4.68 Å². The standard InChI is InChI=1S/C17H14Cl2N8O2S/c18-12-2-1-3-13(19)11(12)10-26-7-4-14(23-26)20-17-22-21-16(30-17)6-9-25-8-5-15(24-25)27(28)29/h1-5,7-8H,6,9-10H2,(H,20,22,23). The quantitative estimate of drug-likeness (QED) is 0.307. The molecule has 1 aromatic carbocycles. The number of aromatic nitrogens is 6. The lowest BCUT2D eigenvalue weighted by Crippen LogP contribution is -2.02. The molecule has 30 heavy (non-hydrogen) atoms. The van der Waals surface area contributed by atoms with Crippen LogP contribution < -0.4 is 5.32 Å². The summed E-state index contributed by atoms with van der Waals surface area (Å²) < 4.78 is 3.23. The Morgan fingerprint density at radius 3 is 2.57 bits per heavy atom. The number of benzene rings is 1. The van der Waals surface area contributed by atoms with Crippen LogP contribution in [0.3, 0.4) is 0 Å². The number of nitrogens with zero attached hydrogens (tertiary/aromatic N) is 7. The lowest BCUT2D eigenvalue weighted by atomic mass is 10.2. The van der Waals surface area contributed by atoms with E-state index in [2.05, 4.69) is 25.7 Å². The van der Waals surface area contributed by atoms with Gasteiger partial charge in [0.15, 0.2) is 5.82 Å². The van der Waals surface area contributed by atoms with Gasteiger partial charge in [-0.1, -0.05) is 40.6 Å². The molecular formula is C17H14Cl2N8O2S. The van der Waals surface area contributed by atoms with E-state index in [9.17, 15) is 10.1 Å². The number of aryl methyl sites for hydroxylation is 2. The highest BCUT2D eigenvalue weighted by Gasteiger charge is 2.13. The van der Waals surface area contributed by atoms with Gasteiger partial charge >= 0.3 is 5.82 Å². The molecule has 4 rings (SSSR count). The van der Waals surface area contributed by atoms with E-state index in [0.717, 1.165) is 10.6 Å². The number of nitro groups is 1. The minimum Gasteiger partial charge on any atom is -0.358 e. The number of rotatable bonds is 8. The molecule has 0 unspecified atom stereocenters. The smallest absolute Gasteiger partial charge is 0.358 e. The summed E-state index contributed by atoms with van der Waals surface area (Å²) in [6.07, 6.45) is 3.93. The second-order valence-corrected chi connectivity index (χ2v) is 8.05. The Balaban J connectivity index is 1.35. The van der Waals surface area contributed by atoms with Crippen LogP contribution in [0.1, 0.15) is 10.6 Å². The van der Waals surface area contributed by atoms with E-state index >= 15 is 0 Å². The van der Waals surface area contributed by atoms with Gasteiger partial charge in [-0.05, 0) is 17.1 Å². The molecule has 1 N–H and O–H groups in total. The Hall–Kier alpha value is -3.02. The fourth-order valence-electron chi connectivity index (χ4n) is 2.66. The Morgan fingerprint density at radius 2 is 1.83 bits per heavy atom. The van der Waals surface area contributed by atoms with Crippen molar-refractivity contribution in [2.75, 3.05) is 5.32 Å². The Kier molecular flexibility index (Phi) is 5.93. The third kappa shape index (κ3) is 4.75. The van der Waals surface area contributed by atoms with Crippen LogP contribution in [-0.2, 0) is 19.5 Å². The van der Waals surface area contributed by atoms with Gasteiger partial charge in [-0.2, -0.15) is 9.78 Å². The second-order valence-electron chi connectivity index (χ2n) is 6.17. The maximum Gasteiger partial charge on any atom is 0.389 e. The monoisotopic (exact) mass is 464 g/mol. The van der Waals surface area contributed by atoms with E-state index in [0.29, 0.717) is 40.5 Å². The molecular weight excluding hydrogens is 451 g/mol. The number of hydrogen-bond donors (Lipinski definition) is 1. The molecule has 13 heteroatoms. The highest BCUT2D eigenvalue weighted by Crippen LogP contribution is 2.26. The van der Waals surface area contributed by atoms with E-state index in [1.807, 2.05) is 12.3 Å². The Labute approximate surface area is 184 Å². The maximum atomic E-state index is 10.7. The van der Waals surface area contributed by atoms with Gasteiger partial charge in [0.1, 0.15) is 5.01 Å². The van der Waals surface area contributed by atoms with Gasteiger partial charge in [-0.25, -0.2) is 0 Å². The van der Waals surface area contributed by atoms with Gasteiger partial charge in [0.2, 0.25) is 5.13 Å². The van der Waals surface area contributed by atoms with Crippen molar-refractivity contribution < 1.29 is 4.92 Å². The lowest BCUT2D eigenvalue weighted by Gasteiger charge is -2.06. The highest BCUT2D eigenvalue weighted by atomic mass is 35.5. The fourth-order valence-corrected chi connectivity index (χ4v) is 3.91. The molecule has 0 saturated heterocycles. The highest BCUT2D eigenvalue weighted by molar-refractivity contribution is 7.15. The molecule has 0 saturated carbocycles. The molecule has 0 aliphatic rings. The molecule has 0 aliphatic carbocycles. The summed E-state index contributed by atoms with van der Waals surface area (Å²) in [6, 6.07) is 8.55. The Morgan fingerprint density at radius 1 is 1.07 bits per heavy atom. The van der Waals surface area contributed by atoms with Crippen LogP contribution in [0.4, 0.5) is 16.8 Å². The Bertz CT molecular complexity index is 1170. The summed E-state index contributed by atoms with van der Waals surface area (Å²) in [4.78, 5) is 10.2. The van der Waals surface area contributed by atoms with E-state index in [-0.39, 0.29) is 5.82 Å². The van der Waals surface area contributed by atoms with E-state index in [1.54, 1.807) is 29.1 Å². The maximum absolute atomic E-state index is 10.7. The minimum atomic E-state index is -0.526. The summed E-state index contributed by atoms with van der Waals surface area (Å²) in [5.41, 5.74) is 0.799. The van der Waals surface area contributed by atoms with Crippen LogP contribution >= 0.6 is 34.5 Å². The summed E-state index contributed by atoms with van der Waals surface area (Å²) in [7, 11) is 0. The molecule has 154 valence electrons. The van der Waals surface area contributed by atoms with Gasteiger partial charge in [0.05, 0.1) is 30.5 Å². The molecule has 0 aliphatic heterocycles. The predicted molar refractivity (Wildman–Crippen MR) is 114 cm³/mol. The number of nitrogens with one attached hydrogen (secondary N) is 1. The minimum absolute atomic E-state index is 0.178. The van der Waals surface area contributed by atoms with Crippen LogP contribution in [0.2, 0.25) is 10.0 Å². The molecule has 0 bridgehead atoms. The van der Waals surface area contributed by atoms with Gasteiger partial charge in [0, 0.05) is 34.3 Å². The average Bonchev–Trinajstić information content (AvgIpc) is 3.45. The van der Waals surface area contributed by atoms with Gasteiger partial charge in [0.25, 0.3) is 0 Å². The number of anilines is 2. The first-order valence-corrected chi connectivity index (χ1v) is 10.3. The SMILES string of the molecule is O=[N+]([O-])c1ccn(CCc2nnc(Nc3ccn(Cc4c(Cl)cccc4Cl)n3)s2)n1. The molecule has 3 aromatic heterocycles. The van der Waals surface area contributed by atoms with Crippen molar-refractivity contribution in [1.29, 1.82) is 0 Å².